The predicted octanol–water partition coefficient (Wildman–Crippen LogP) is 6.24. The smallest absolute Gasteiger partial charge is 0.0431 e. The van der Waals surface area contributed by atoms with Crippen molar-refractivity contribution in [3.05, 3.63) is 0 Å². The van der Waals surface area contributed by atoms with Crippen LogP contribution in [0.25, 0.3) is 0 Å². The summed E-state index contributed by atoms with van der Waals surface area (Å²) in [5.74, 6) is 0. The molecule has 116 valence electrons. The van der Waals surface area contributed by atoms with E-state index in [-0.39, 0.29) is 0 Å². The summed E-state index contributed by atoms with van der Waals surface area (Å²) in [5.41, 5.74) is 0. The highest BCUT2D eigenvalue weighted by Gasteiger charge is 1.94. The first kappa shape index (κ1) is 19.0. The minimum absolute atomic E-state index is 0.373. The molecular formula is C18H38O. The summed E-state index contributed by atoms with van der Waals surface area (Å²) >= 11 is 0. The molecule has 0 fully saturated rings. The summed E-state index contributed by atoms with van der Waals surface area (Å²) in [5, 5.41) is 8.67. The number of aliphatic hydroxyl groups excluding tert-OH is 1. The van der Waals surface area contributed by atoms with E-state index in [9.17, 15) is 0 Å². The Kier molecular flexibility index (Phi) is 17.9. The van der Waals surface area contributed by atoms with E-state index in [1.54, 1.807) is 0 Å². The van der Waals surface area contributed by atoms with Crippen LogP contribution in [0.3, 0.4) is 0 Å². The normalized spacial score (nSPS) is 11.1. The standard InChI is InChI=1S/C18H38O/c1-2-3-4-5-6-7-8-9-10-11-12-13-14-15-16-17-18-19/h19H,2-18H2,1H3/i18+2. The minimum atomic E-state index is 0.373. The highest BCUT2D eigenvalue weighted by molar-refractivity contribution is 4.49. The maximum Gasteiger partial charge on any atom is 0.0431 e. The number of hydrogen-bond acceptors (Lipinski definition) is 1. The highest BCUT2D eigenvalue weighted by atomic mass is 16.5. The van der Waals surface area contributed by atoms with Crippen molar-refractivity contribution in [3.8, 4) is 0 Å². The van der Waals surface area contributed by atoms with Crippen molar-refractivity contribution >= 4 is 0 Å². The van der Waals surface area contributed by atoms with Crippen LogP contribution in [0.4, 0.5) is 0 Å². The second kappa shape index (κ2) is 18.0. The van der Waals surface area contributed by atoms with E-state index in [0.29, 0.717) is 6.61 Å². The fraction of sp³-hybridized carbons (Fsp3) is 1.00. The van der Waals surface area contributed by atoms with Gasteiger partial charge in [0.15, 0.2) is 0 Å². The first-order chi connectivity index (χ1) is 9.41. The molecule has 0 amide bonds. The summed E-state index contributed by atoms with van der Waals surface area (Å²) in [6, 6.07) is 0. The quantitative estimate of drug-likeness (QED) is 0.330. The van der Waals surface area contributed by atoms with Crippen LogP contribution in [0, 0.1) is 0 Å². The molecule has 0 aliphatic rings. The molecule has 0 aliphatic heterocycles. The Morgan fingerprint density at radius 3 is 1.16 bits per heavy atom. The Bertz CT molecular complexity index is 129. The van der Waals surface area contributed by atoms with Crippen LogP contribution < -0.4 is 0 Å². The van der Waals surface area contributed by atoms with Gasteiger partial charge in [-0.05, 0) is 6.42 Å². The van der Waals surface area contributed by atoms with Gasteiger partial charge in [-0.25, -0.2) is 0 Å². The van der Waals surface area contributed by atoms with E-state index in [0.717, 1.165) is 6.42 Å². The zero-order valence-corrected chi connectivity index (χ0v) is 13.5. The van der Waals surface area contributed by atoms with Gasteiger partial charge in [0.05, 0.1) is 0 Å². The average molecular weight is 272 g/mol. The lowest BCUT2D eigenvalue weighted by Crippen LogP contribution is -1.85. The molecule has 1 heteroatoms. The Hall–Kier alpha value is -0.0400. The largest absolute Gasteiger partial charge is 0.396 e. The lowest BCUT2D eigenvalue weighted by Gasteiger charge is -2.03. The molecule has 0 atom stereocenters. The van der Waals surface area contributed by atoms with Gasteiger partial charge in [0.1, 0.15) is 0 Å². The van der Waals surface area contributed by atoms with Gasteiger partial charge in [-0.15, -0.1) is 0 Å². The van der Waals surface area contributed by atoms with E-state index in [4.69, 9.17) is 5.11 Å². The summed E-state index contributed by atoms with van der Waals surface area (Å²) in [6.45, 7) is 2.66. The van der Waals surface area contributed by atoms with Gasteiger partial charge >= 0.3 is 0 Å². The first-order valence-electron chi connectivity index (χ1n) is 9.02. The molecule has 0 aromatic carbocycles. The predicted molar refractivity (Wildman–Crippen MR) is 86.6 cm³/mol. The molecule has 0 spiro atoms. The number of rotatable bonds is 16. The maximum absolute atomic E-state index is 8.67. The van der Waals surface area contributed by atoms with E-state index < -0.39 is 0 Å². The Labute approximate surface area is 122 Å². The third-order valence-corrected chi connectivity index (χ3v) is 4.01. The van der Waals surface area contributed by atoms with Crippen LogP contribution in [0.1, 0.15) is 110 Å². The molecular weight excluding hydrogens is 234 g/mol. The number of aliphatic hydroxyl groups is 1. The summed E-state index contributed by atoms with van der Waals surface area (Å²) in [7, 11) is 0. The fourth-order valence-corrected chi connectivity index (χ4v) is 2.66. The lowest BCUT2D eigenvalue weighted by molar-refractivity contribution is 0.282. The molecule has 0 radical (unpaired) electrons. The van der Waals surface area contributed by atoms with Crippen LogP contribution in [0.2, 0.25) is 0 Å². The van der Waals surface area contributed by atoms with Crippen LogP contribution >= 0.6 is 0 Å². The molecule has 0 aromatic heterocycles. The zero-order chi connectivity index (χ0) is 14.0. The van der Waals surface area contributed by atoms with Gasteiger partial charge in [0, 0.05) is 6.61 Å². The SMILES string of the molecule is CCCCCCCCCCCCCCCCC[14CH2]O. The van der Waals surface area contributed by atoms with Gasteiger partial charge in [-0.2, -0.15) is 0 Å². The highest BCUT2D eigenvalue weighted by Crippen LogP contribution is 2.13. The molecule has 0 rings (SSSR count). The van der Waals surface area contributed by atoms with Crippen molar-refractivity contribution in [2.45, 2.75) is 110 Å². The number of unbranched alkanes of at least 4 members (excludes halogenated alkanes) is 15. The van der Waals surface area contributed by atoms with Gasteiger partial charge in [-0.1, -0.05) is 103 Å². The van der Waals surface area contributed by atoms with Gasteiger partial charge < -0.3 is 5.11 Å². The van der Waals surface area contributed by atoms with Crippen molar-refractivity contribution in [2.24, 2.45) is 0 Å². The van der Waals surface area contributed by atoms with Crippen LogP contribution in [-0.2, 0) is 0 Å². The molecule has 19 heavy (non-hydrogen) atoms. The second-order valence-electron chi connectivity index (χ2n) is 6.03. The molecule has 0 heterocycles. The Morgan fingerprint density at radius 1 is 0.526 bits per heavy atom. The first-order valence-corrected chi connectivity index (χ1v) is 9.02. The van der Waals surface area contributed by atoms with Crippen molar-refractivity contribution in [2.75, 3.05) is 6.61 Å². The van der Waals surface area contributed by atoms with E-state index in [2.05, 4.69) is 6.92 Å². The molecule has 0 aromatic rings. The summed E-state index contributed by atoms with van der Waals surface area (Å²) < 4.78 is 0. The second-order valence-corrected chi connectivity index (χ2v) is 6.03. The summed E-state index contributed by atoms with van der Waals surface area (Å²) in [6.07, 6.45) is 22.2. The molecule has 1 N–H and O–H groups in total. The van der Waals surface area contributed by atoms with E-state index >= 15 is 0 Å². The van der Waals surface area contributed by atoms with Crippen molar-refractivity contribution in [1.29, 1.82) is 0 Å². The topological polar surface area (TPSA) is 20.2 Å². The molecule has 0 saturated carbocycles. The Morgan fingerprint density at radius 2 is 0.842 bits per heavy atom. The average Bonchev–Trinajstić information content (AvgIpc) is 2.43. The van der Waals surface area contributed by atoms with Gasteiger partial charge in [-0.3, -0.25) is 0 Å². The van der Waals surface area contributed by atoms with Crippen LogP contribution in [0.5, 0.6) is 0 Å². The van der Waals surface area contributed by atoms with E-state index in [1.165, 1.54) is 96.3 Å². The number of hydrogen-bond donors (Lipinski definition) is 1. The van der Waals surface area contributed by atoms with Gasteiger partial charge in [0.25, 0.3) is 0 Å². The van der Waals surface area contributed by atoms with E-state index in [1.807, 2.05) is 0 Å². The van der Waals surface area contributed by atoms with Crippen molar-refractivity contribution < 1.29 is 5.11 Å². The molecule has 0 bridgehead atoms. The van der Waals surface area contributed by atoms with Crippen LogP contribution in [0.15, 0.2) is 0 Å². The van der Waals surface area contributed by atoms with Crippen molar-refractivity contribution in [1.82, 2.24) is 0 Å². The minimum Gasteiger partial charge on any atom is -0.396 e. The van der Waals surface area contributed by atoms with Crippen molar-refractivity contribution in [3.63, 3.8) is 0 Å². The Balaban J connectivity index is 2.88. The lowest BCUT2D eigenvalue weighted by atomic mass is 10.0. The molecule has 0 aliphatic carbocycles. The molecule has 1 nitrogen and oxygen atoms in total. The monoisotopic (exact) mass is 272 g/mol. The van der Waals surface area contributed by atoms with Gasteiger partial charge in [0.2, 0.25) is 0 Å². The fourth-order valence-electron chi connectivity index (χ4n) is 2.66. The third-order valence-electron chi connectivity index (χ3n) is 4.01. The molecule has 0 unspecified atom stereocenters. The third kappa shape index (κ3) is 18.0. The molecule has 0 saturated heterocycles. The zero-order valence-electron chi connectivity index (χ0n) is 13.5. The maximum atomic E-state index is 8.67. The van der Waals surface area contributed by atoms with Crippen LogP contribution in [-0.4, -0.2) is 11.7 Å². The summed E-state index contributed by atoms with van der Waals surface area (Å²) in [4.78, 5) is 0.